The van der Waals surface area contributed by atoms with Crippen LogP contribution in [-0.2, 0) is 0 Å². The van der Waals surface area contributed by atoms with E-state index in [2.05, 4.69) is 15.4 Å². The Morgan fingerprint density at radius 1 is 1.12 bits per heavy atom. The Balaban J connectivity index is 1.72. The monoisotopic (exact) mass is 382 g/mol. The van der Waals surface area contributed by atoms with Crippen LogP contribution in [-0.4, -0.2) is 14.8 Å². The quantitative estimate of drug-likeness (QED) is 0.550. The van der Waals surface area contributed by atoms with Gasteiger partial charge in [0.05, 0.1) is 22.1 Å². The van der Waals surface area contributed by atoms with Crippen LogP contribution >= 0.6 is 22.9 Å². The van der Waals surface area contributed by atoms with E-state index in [1.165, 1.54) is 21.6 Å². The van der Waals surface area contributed by atoms with Crippen molar-refractivity contribution in [1.29, 1.82) is 0 Å². The van der Waals surface area contributed by atoms with Crippen LogP contribution in [0.3, 0.4) is 0 Å². The number of aromatic nitrogens is 3. The van der Waals surface area contributed by atoms with E-state index in [-0.39, 0.29) is 5.02 Å². The van der Waals surface area contributed by atoms with Crippen molar-refractivity contribution in [3.8, 4) is 5.13 Å². The zero-order valence-electron chi connectivity index (χ0n) is 14.2. The zero-order chi connectivity index (χ0) is 18.3. The number of para-hydroxylation sites is 1. The fourth-order valence-electron chi connectivity index (χ4n) is 2.58. The summed E-state index contributed by atoms with van der Waals surface area (Å²) in [6.07, 6.45) is 1.55. The molecule has 0 amide bonds. The van der Waals surface area contributed by atoms with Gasteiger partial charge < -0.3 is 5.32 Å². The zero-order valence-corrected chi connectivity index (χ0v) is 15.7. The predicted molar refractivity (Wildman–Crippen MR) is 107 cm³/mol. The molecule has 0 saturated carbocycles. The van der Waals surface area contributed by atoms with Crippen molar-refractivity contribution in [3.63, 3.8) is 0 Å². The maximum absolute atomic E-state index is 12.7. The van der Waals surface area contributed by atoms with Gasteiger partial charge in [0.1, 0.15) is 5.02 Å². The van der Waals surface area contributed by atoms with E-state index in [9.17, 15) is 4.79 Å². The molecule has 0 spiro atoms. The van der Waals surface area contributed by atoms with E-state index in [1.807, 2.05) is 56.3 Å². The van der Waals surface area contributed by atoms with Crippen molar-refractivity contribution in [3.05, 3.63) is 75.2 Å². The molecule has 0 fully saturated rings. The highest BCUT2D eigenvalue weighted by Crippen LogP contribution is 2.26. The van der Waals surface area contributed by atoms with Gasteiger partial charge in [-0.2, -0.15) is 9.78 Å². The van der Waals surface area contributed by atoms with E-state index in [1.54, 1.807) is 6.20 Å². The summed E-state index contributed by atoms with van der Waals surface area (Å²) in [5, 5.41) is 7.98. The smallest absolute Gasteiger partial charge is 0.294 e. The van der Waals surface area contributed by atoms with Crippen molar-refractivity contribution < 1.29 is 0 Å². The summed E-state index contributed by atoms with van der Waals surface area (Å²) >= 11 is 7.71. The van der Waals surface area contributed by atoms with Crippen LogP contribution in [0.15, 0.2) is 53.5 Å². The lowest BCUT2D eigenvalue weighted by Gasteiger charge is -2.10. The van der Waals surface area contributed by atoms with Crippen molar-refractivity contribution in [2.24, 2.45) is 0 Å². The molecule has 4 aromatic rings. The Morgan fingerprint density at radius 2 is 1.92 bits per heavy atom. The van der Waals surface area contributed by atoms with Crippen LogP contribution in [0.2, 0.25) is 5.02 Å². The van der Waals surface area contributed by atoms with Gasteiger partial charge in [-0.15, -0.1) is 0 Å². The third kappa shape index (κ3) is 2.98. The topological polar surface area (TPSA) is 59.8 Å². The summed E-state index contributed by atoms with van der Waals surface area (Å²) < 4.78 is 2.23. The molecule has 26 heavy (non-hydrogen) atoms. The maximum atomic E-state index is 12.7. The van der Waals surface area contributed by atoms with Crippen LogP contribution in [0.5, 0.6) is 0 Å². The molecule has 2 aromatic carbocycles. The largest absolute Gasteiger partial charge is 0.353 e. The number of fused-ring (bicyclic) bond motifs is 1. The molecule has 0 saturated heterocycles. The average molecular weight is 383 g/mol. The number of anilines is 2. The standard InChI is InChI=1S/C19H15ClN4OS/c1-11-7-8-13(9-12(11)2)22-15-10-21-24(18(25)17(15)20)19-23-14-5-3-4-6-16(14)26-19/h3-10,22H,1-2H3. The van der Waals surface area contributed by atoms with Gasteiger partial charge in [0, 0.05) is 5.69 Å². The number of nitrogens with one attached hydrogen (secondary N) is 1. The highest BCUT2D eigenvalue weighted by atomic mass is 35.5. The molecule has 4 rings (SSSR count). The number of hydrogen-bond donors (Lipinski definition) is 1. The maximum Gasteiger partial charge on any atom is 0.294 e. The van der Waals surface area contributed by atoms with Gasteiger partial charge in [-0.05, 0) is 49.2 Å². The lowest BCUT2D eigenvalue weighted by Crippen LogP contribution is -2.22. The Bertz CT molecular complexity index is 1150. The number of hydrogen-bond acceptors (Lipinski definition) is 5. The van der Waals surface area contributed by atoms with Crippen molar-refractivity contribution >= 4 is 44.5 Å². The molecule has 0 aliphatic heterocycles. The second kappa shape index (κ2) is 6.55. The Morgan fingerprint density at radius 3 is 2.69 bits per heavy atom. The van der Waals surface area contributed by atoms with Gasteiger partial charge in [-0.1, -0.05) is 41.1 Å². The van der Waals surface area contributed by atoms with Gasteiger partial charge >= 0.3 is 0 Å². The summed E-state index contributed by atoms with van der Waals surface area (Å²) in [6, 6.07) is 13.7. The number of benzene rings is 2. The first kappa shape index (κ1) is 16.8. The molecule has 7 heteroatoms. The molecule has 0 bridgehead atoms. The molecule has 0 aliphatic carbocycles. The molecule has 1 N–H and O–H groups in total. The molecular formula is C19H15ClN4OS. The lowest BCUT2D eigenvalue weighted by molar-refractivity contribution is 0.803. The minimum atomic E-state index is -0.403. The Hall–Kier alpha value is -2.70. The van der Waals surface area contributed by atoms with Crippen LogP contribution in [0, 0.1) is 13.8 Å². The first-order valence-corrected chi connectivity index (χ1v) is 9.20. The van der Waals surface area contributed by atoms with Crippen LogP contribution in [0.4, 0.5) is 11.4 Å². The fourth-order valence-corrected chi connectivity index (χ4v) is 3.68. The van der Waals surface area contributed by atoms with Gasteiger partial charge in [0.15, 0.2) is 0 Å². The summed E-state index contributed by atoms with van der Waals surface area (Å²) in [7, 11) is 0. The van der Waals surface area contributed by atoms with Crippen LogP contribution < -0.4 is 10.9 Å². The van der Waals surface area contributed by atoms with Gasteiger partial charge in [-0.3, -0.25) is 4.79 Å². The molecule has 0 unspecified atom stereocenters. The van der Waals surface area contributed by atoms with Gasteiger partial charge in [0.25, 0.3) is 5.56 Å². The molecule has 0 atom stereocenters. The summed E-state index contributed by atoms with van der Waals surface area (Å²) in [5.74, 6) is 0. The van der Waals surface area contributed by atoms with E-state index < -0.39 is 5.56 Å². The van der Waals surface area contributed by atoms with Crippen molar-refractivity contribution in [2.45, 2.75) is 13.8 Å². The second-order valence-electron chi connectivity index (χ2n) is 5.98. The Labute approximate surface area is 158 Å². The third-order valence-electron chi connectivity index (χ3n) is 4.17. The van der Waals surface area contributed by atoms with Gasteiger partial charge in [-0.25, -0.2) is 4.98 Å². The molecule has 0 radical (unpaired) electrons. The SMILES string of the molecule is Cc1ccc(Nc2cnn(-c3nc4ccccc4s3)c(=O)c2Cl)cc1C. The second-order valence-corrected chi connectivity index (χ2v) is 7.36. The van der Waals surface area contributed by atoms with Gasteiger partial charge in [0.2, 0.25) is 5.13 Å². The minimum Gasteiger partial charge on any atom is -0.353 e. The number of thiazole rings is 1. The van der Waals surface area contributed by atoms with E-state index in [0.717, 1.165) is 21.5 Å². The molecule has 5 nitrogen and oxygen atoms in total. The minimum absolute atomic E-state index is 0.0810. The van der Waals surface area contributed by atoms with E-state index in [0.29, 0.717) is 10.8 Å². The third-order valence-corrected chi connectivity index (χ3v) is 5.55. The van der Waals surface area contributed by atoms with E-state index in [4.69, 9.17) is 11.6 Å². The normalized spacial score (nSPS) is 11.0. The summed E-state index contributed by atoms with van der Waals surface area (Å²) in [5.41, 5.74) is 4.10. The average Bonchev–Trinajstić information content (AvgIpc) is 3.06. The lowest BCUT2D eigenvalue weighted by atomic mass is 10.1. The predicted octanol–water partition coefficient (Wildman–Crippen LogP) is 4.86. The van der Waals surface area contributed by atoms with Crippen LogP contribution in [0.25, 0.3) is 15.3 Å². The summed E-state index contributed by atoms with van der Waals surface area (Å²) in [4.78, 5) is 17.1. The highest BCUT2D eigenvalue weighted by Gasteiger charge is 2.14. The van der Waals surface area contributed by atoms with Crippen LogP contribution in [0.1, 0.15) is 11.1 Å². The van der Waals surface area contributed by atoms with Crippen molar-refractivity contribution in [2.75, 3.05) is 5.32 Å². The number of halogens is 1. The first-order chi connectivity index (χ1) is 12.5. The van der Waals surface area contributed by atoms with Crippen molar-refractivity contribution in [1.82, 2.24) is 14.8 Å². The highest BCUT2D eigenvalue weighted by molar-refractivity contribution is 7.20. The molecular weight excluding hydrogens is 368 g/mol. The number of nitrogens with zero attached hydrogens (tertiary/aromatic N) is 3. The number of aryl methyl sites for hydroxylation is 2. The van der Waals surface area contributed by atoms with E-state index >= 15 is 0 Å². The Kier molecular flexibility index (Phi) is 4.22. The fraction of sp³-hybridized carbons (Fsp3) is 0.105. The summed E-state index contributed by atoms with van der Waals surface area (Å²) in [6.45, 7) is 4.08. The molecule has 2 heterocycles. The molecule has 130 valence electrons. The number of rotatable bonds is 3. The molecule has 2 aromatic heterocycles. The first-order valence-electron chi connectivity index (χ1n) is 8.01. The molecule has 0 aliphatic rings.